The molecule has 100 valence electrons. The van der Waals surface area contributed by atoms with Crippen molar-refractivity contribution in [1.29, 1.82) is 0 Å². The Morgan fingerprint density at radius 2 is 2.22 bits per heavy atom. The fraction of sp³-hybridized carbons (Fsp3) is 0.538. The largest absolute Gasteiger partial charge is 0.489 e. The summed E-state index contributed by atoms with van der Waals surface area (Å²) in [4.78, 5) is 0. The van der Waals surface area contributed by atoms with Crippen molar-refractivity contribution in [3.63, 3.8) is 0 Å². The lowest BCUT2D eigenvalue weighted by molar-refractivity contribution is -0.0500. The molecule has 0 saturated carbocycles. The first-order valence-corrected chi connectivity index (χ1v) is 6.08. The van der Waals surface area contributed by atoms with Crippen molar-refractivity contribution in [3.8, 4) is 11.5 Å². The molecule has 1 heterocycles. The molecule has 1 atom stereocenters. The predicted octanol–water partition coefficient (Wildman–Crippen LogP) is 2.73. The van der Waals surface area contributed by atoms with Gasteiger partial charge >= 0.3 is 6.61 Å². The normalized spacial score (nSPS) is 19.9. The van der Waals surface area contributed by atoms with Crippen LogP contribution < -0.4 is 14.8 Å². The second-order valence-electron chi connectivity index (χ2n) is 4.39. The molecule has 1 aromatic carbocycles. The SMILES string of the molecule is Cc1ccc(OC(F)F)cc1O[C@H]1CCCNC1. The first-order chi connectivity index (χ1) is 8.65. The van der Waals surface area contributed by atoms with E-state index in [1.54, 1.807) is 6.07 Å². The number of halogens is 2. The molecule has 0 amide bonds. The molecule has 0 unspecified atom stereocenters. The minimum atomic E-state index is -2.81. The molecule has 0 bridgehead atoms. The molecule has 0 aromatic heterocycles. The molecule has 1 aliphatic rings. The van der Waals surface area contributed by atoms with E-state index in [-0.39, 0.29) is 11.9 Å². The Hall–Kier alpha value is -1.36. The van der Waals surface area contributed by atoms with Crippen LogP contribution in [0.4, 0.5) is 8.78 Å². The van der Waals surface area contributed by atoms with Crippen LogP contribution >= 0.6 is 0 Å². The monoisotopic (exact) mass is 257 g/mol. The summed E-state index contributed by atoms with van der Waals surface area (Å²) in [7, 11) is 0. The molecule has 1 aliphatic heterocycles. The number of ether oxygens (including phenoxy) is 2. The lowest BCUT2D eigenvalue weighted by atomic mass is 10.1. The third-order valence-corrected chi connectivity index (χ3v) is 2.93. The number of piperidine rings is 1. The van der Waals surface area contributed by atoms with Gasteiger partial charge in [-0.25, -0.2) is 0 Å². The topological polar surface area (TPSA) is 30.5 Å². The molecule has 1 fully saturated rings. The third-order valence-electron chi connectivity index (χ3n) is 2.93. The lowest BCUT2D eigenvalue weighted by Gasteiger charge is -2.25. The molecular weight excluding hydrogens is 240 g/mol. The Morgan fingerprint density at radius 3 is 2.89 bits per heavy atom. The predicted molar refractivity (Wildman–Crippen MR) is 64.3 cm³/mol. The van der Waals surface area contributed by atoms with Crippen LogP contribution in [0.1, 0.15) is 18.4 Å². The summed E-state index contributed by atoms with van der Waals surface area (Å²) in [6.45, 7) is 0.877. The van der Waals surface area contributed by atoms with Crippen LogP contribution in [0.3, 0.4) is 0 Å². The van der Waals surface area contributed by atoms with Crippen molar-refractivity contribution in [3.05, 3.63) is 23.8 Å². The Labute approximate surface area is 105 Å². The van der Waals surface area contributed by atoms with Crippen molar-refractivity contribution >= 4 is 0 Å². The highest BCUT2D eigenvalue weighted by atomic mass is 19.3. The molecule has 0 radical (unpaired) electrons. The summed E-state index contributed by atoms with van der Waals surface area (Å²) in [5.74, 6) is 0.746. The number of hydrogen-bond donors (Lipinski definition) is 1. The zero-order chi connectivity index (χ0) is 13.0. The molecule has 1 aromatic rings. The number of rotatable bonds is 4. The Morgan fingerprint density at radius 1 is 1.39 bits per heavy atom. The minimum absolute atomic E-state index is 0.0965. The summed E-state index contributed by atoms with van der Waals surface area (Å²) < 4.78 is 34.5. The quantitative estimate of drug-likeness (QED) is 0.899. The zero-order valence-corrected chi connectivity index (χ0v) is 10.3. The highest BCUT2D eigenvalue weighted by Gasteiger charge is 2.16. The third kappa shape index (κ3) is 3.57. The summed E-state index contributed by atoms with van der Waals surface area (Å²) in [6.07, 6.45) is 2.14. The highest BCUT2D eigenvalue weighted by Crippen LogP contribution is 2.27. The summed E-state index contributed by atoms with van der Waals surface area (Å²) in [5.41, 5.74) is 0.919. The Balaban J connectivity index is 2.05. The van der Waals surface area contributed by atoms with Crippen molar-refractivity contribution in [2.75, 3.05) is 13.1 Å². The van der Waals surface area contributed by atoms with Gasteiger partial charge in [-0.15, -0.1) is 0 Å². The second kappa shape index (κ2) is 6.00. The van der Waals surface area contributed by atoms with Crippen molar-refractivity contribution in [1.82, 2.24) is 5.32 Å². The first-order valence-electron chi connectivity index (χ1n) is 6.08. The van der Waals surface area contributed by atoms with Gasteiger partial charge in [0.25, 0.3) is 0 Å². The molecule has 1 saturated heterocycles. The molecule has 18 heavy (non-hydrogen) atoms. The van der Waals surface area contributed by atoms with E-state index >= 15 is 0 Å². The van der Waals surface area contributed by atoms with Gasteiger partial charge in [-0.1, -0.05) is 6.07 Å². The van der Waals surface area contributed by atoms with Crippen LogP contribution in [0.15, 0.2) is 18.2 Å². The average Bonchev–Trinajstić information content (AvgIpc) is 2.34. The maximum absolute atomic E-state index is 12.1. The van der Waals surface area contributed by atoms with E-state index < -0.39 is 6.61 Å². The molecule has 2 rings (SSSR count). The van der Waals surface area contributed by atoms with E-state index in [4.69, 9.17) is 4.74 Å². The van der Waals surface area contributed by atoms with Crippen LogP contribution in [0.2, 0.25) is 0 Å². The zero-order valence-electron chi connectivity index (χ0n) is 10.3. The summed E-state index contributed by atoms with van der Waals surface area (Å²) in [5, 5.41) is 3.25. The standard InChI is InChI=1S/C13H17F2NO2/c1-9-4-5-10(18-13(14)15)7-12(9)17-11-3-2-6-16-8-11/h4-5,7,11,13,16H,2-3,6,8H2,1H3/t11-/m0/s1. The number of alkyl halides is 2. The molecule has 3 nitrogen and oxygen atoms in total. The molecule has 1 N–H and O–H groups in total. The Bertz CT molecular complexity index is 393. The van der Waals surface area contributed by atoms with E-state index in [1.807, 2.05) is 6.92 Å². The van der Waals surface area contributed by atoms with Crippen molar-refractivity contribution in [2.24, 2.45) is 0 Å². The van der Waals surface area contributed by atoms with E-state index in [1.165, 1.54) is 12.1 Å². The fourth-order valence-electron chi connectivity index (χ4n) is 1.98. The minimum Gasteiger partial charge on any atom is -0.489 e. The van der Waals surface area contributed by atoms with Gasteiger partial charge in [0.15, 0.2) is 0 Å². The highest BCUT2D eigenvalue weighted by molar-refractivity contribution is 5.40. The van der Waals surface area contributed by atoms with Gasteiger partial charge in [0.05, 0.1) is 0 Å². The van der Waals surface area contributed by atoms with Crippen LogP contribution in [0.25, 0.3) is 0 Å². The van der Waals surface area contributed by atoms with Gasteiger partial charge < -0.3 is 14.8 Å². The van der Waals surface area contributed by atoms with Gasteiger partial charge in [0.1, 0.15) is 17.6 Å². The van der Waals surface area contributed by atoms with Gasteiger partial charge in [-0.2, -0.15) is 8.78 Å². The molecule has 5 heteroatoms. The molecule has 0 aliphatic carbocycles. The van der Waals surface area contributed by atoms with E-state index in [9.17, 15) is 8.78 Å². The summed E-state index contributed by atoms with van der Waals surface area (Å²) >= 11 is 0. The van der Waals surface area contributed by atoms with E-state index in [0.29, 0.717) is 5.75 Å². The number of benzene rings is 1. The summed E-state index contributed by atoms with van der Waals surface area (Å²) in [6, 6.07) is 4.77. The average molecular weight is 257 g/mol. The molecule has 0 spiro atoms. The molecular formula is C13H17F2NO2. The maximum atomic E-state index is 12.1. The van der Waals surface area contributed by atoms with E-state index in [0.717, 1.165) is 31.5 Å². The van der Waals surface area contributed by atoms with Crippen LogP contribution in [0, 0.1) is 6.92 Å². The fourth-order valence-corrected chi connectivity index (χ4v) is 1.98. The number of aryl methyl sites for hydroxylation is 1. The van der Waals surface area contributed by atoms with Gasteiger partial charge in [0.2, 0.25) is 0 Å². The van der Waals surface area contributed by atoms with Crippen molar-refractivity contribution < 1.29 is 18.3 Å². The van der Waals surface area contributed by atoms with Crippen LogP contribution in [-0.4, -0.2) is 25.8 Å². The second-order valence-corrected chi connectivity index (χ2v) is 4.39. The number of nitrogens with one attached hydrogen (secondary N) is 1. The lowest BCUT2D eigenvalue weighted by Crippen LogP contribution is -2.37. The van der Waals surface area contributed by atoms with Crippen molar-refractivity contribution in [2.45, 2.75) is 32.5 Å². The van der Waals surface area contributed by atoms with E-state index in [2.05, 4.69) is 10.1 Å². The van der Waals surface area contributed by atoms with Crippen LogP contribution in [-0.2, 0) is 0 Å². The van der Waals surface area contributed by atoms with Gasteiger partial charge in [-0.05, 0) is 37.9 Å². The van der Waals surface area contributed by atoms with Crippen LogP contribution in [0.5, 0.6) is 11.5 Å². The first kappa shape index (κ1) is 13.1. The maximum Gasteiger partial charge on any atom is 0.387 e. The smallest absolute Gasteiger partial charge is 0.387 e. The van der Waals surface area contributed by atoms with Gasteiger partial charge in [0, 0.05) is 12.6 Å². The van der Waals surface area contributed by atoms with Gasteiger partial charge in [-0.3, -0.25) is 0 Å². The number of hydrogen-bond acceptors (Lipinski definition) is 3. The Kier molecular flexibility index (Phi) is 4.36.